The van der Waals surface area contributed by atoms with Crippen LogP contribution in [0.2, 0.25) is 0 Å². The quantitative estimate of drug-likeness (QED) is 0.417. The van der Waals surface area contributed by atoms with Crippen molar-refractivity contribution in [1.29, 1.82) is 0 Å². The standard InChI is InChI=1S/C22H21N3O2S2/c1-4-27-16-11-9-15(10-12-16)21-23-14(2)20(29-21)22(26)25(3)13-19-24-17-7-5-6-8-18(17)28-19/h5-12H,4,13H2,1-3H3. The highest BCUT2D eigenvalue weighted by Crippen LogP contribution is 2.30. The van der Waals surface area contributed by atoms with Gasteiger partial charge < -0.3 is 9.64 Å². The molecule has 0 spiro atoms. The van der Waals surface area contributed by atoms with Crippen molar-refractivity contribution in [3.8, 4) is 16.3 Å². The van der Waals surface area contributed by atoms with Gasteiger partial charge in [-0.05, 0) is 50.2 Å². The summed E-state index contributed by atoms with van der Waals surface area (Å²) < 4.78 is 6.63. The summed E-state index contributed by atoms with van der Waals surface area (Å²) >= 11 is 3.04. The van der Waals surface area contributed by atoms with Crippen LogP contribution in [-0.4, -0.2) is 34.4 Å². The first kappa shape index (κ1) is 19.5. The molecule has 2 aromatic carbocycles. The van der Waals surface area contributed by atoms with Crippen molar-refractivity contribution < 1.29 is 9.53 Å². The van der Waals surface area contributed by atoms with Gasteiger partial charge in [0.1, 0.15) is 20.6 Å². The molecule has 0 saturated carbocycles. The molecule has 1 amide bonds. The minimum absolute atomic E-state index is 0.0311. The van der Waals surface area contributed by atoms with Crippen molar-refractivity contribution in [1.82, 2.24) is 14.9 Å². The summed E-state index contributed by atoms with van der Waals surface area (Å²) in [7, 11) is 1.81. The molecular formula is C22H21N3O2S2. The van der Waals surface area contributed by atoms with Gasteiger partial charge in [0, 0.05) is 12.6 Å². The molecule has 0 N–H and O–H groups in total. The van der Waals surface area contributed by atoms with E-state index in [-0.39, 0.29) is 5.91 Å². The van der Waals surface area contributed by atoms with Gasteiger partial charge in [-0.1, -0.05) is 12.1 Å². The summed E-state index contributed by atoms with van der Waals surface area (Å²) in [6.07, 6.45) is 0. The van der Waals surface area contributed by atoms with Gasteiger partial charge in [0.15, 0.2) is 0 Å². The summed E-state index contributed by atoms with van der Waals surface area (Å²) in [6.45, 7) is 4.96. The normalized spacial score (nSPS) is 11.0. The Morgan fingerprint density at radius 3 is 2.55 bits per heavy atom. The summed E-state index contributed by atoms with van der Waals surface area (Å²) in [5.41, 5.74) is 2.70. The van der Waals surface area contributed by atoms with E-state index in [9.17, 15) is 4.79 Å². The Labute approximate surface area is 177 Å². The Bertz CT molecular complexity index is 1120. The van der Waals surface area contributed by atoms with Crippen LogP contribution in [-0.2, 0) is 6.54 Å². The molecular weight excluding hydrogens is 402 g/mol. The Hall–Kier alpha value is -2.77. The van der Waals surface area contributed by atoms with Crippen molar-refractivity contribution in [2.24, 2.45) is 0 Å². The van der Waals surface area contributed by atoms with Gasteiger partial charge in [-0.3, -0.25) is 4.79 Å². The topological polar surface area (TPSA) is 55.3 Å². The lowest BCUT2D eigenvalue weighted by molar-refractivity contribution is 0.0789. The molecule has 4 aromatic rings. The summed E-state index contributed by atoms with van der Waals surface area (Å²) in [5, 5.41) is 1.76. The largest absolute Gasteiger partial charge is 0.494 e. The fraction of sp³-hybridized carbons (Fsp3) is 0.227. The lowest BCUT2D eigenvalue weighted by atomic mass is 10.2. The number of carbonyl (C=O) groups excluding carboxylic acids is 1. The van der Waals surface area contributed by atoms with Crippen molar-refractivity contribution in [3.05, 3.63) is 64.1 Å². The van der Waals surface area contributed by atoms with Gasteiger partial charge in [0.05, 0.1) is 29.1 Å². The molecule has 0 fully saturated rings. The fourth-order valence-corrected chi connectivity index (χ4v) is 5.10. The number of benzene rings is 2. The van der Waals surface area contributed by atoms with E-state index < -0.39 is 0 Å². The number of hydrogen-bond acceptors (Lipinski definition) is 6. The van der Waals surface area contributed by atoms with Crippen LogP contribution in [0.1, 0.15) is 27.3 Å². The second kappa shape index (κ2) is 8.31. The highest BCUT2D eigenvalue weighted by molar-refractivity contribution is 7.18. The molecule has 0 unspecified atom stereocenters. The average Bonchev–Trinajstić information content (AvgIpc) is 3.31. The molecule has 2 heterocycles. The Morgan fingerprint density at radius 1 is 1.07 bits per heavy atom. The predicted molar refractivity (Wildman–Crippen MR) is 119 cm³/mol. The molecule has 0 saturated heterocycles. The van der Waals surface area contributed by atoms with Crippen LogP contribution in [0.15, 0.2) is 48.5 Å². The smallest absolute Gasteiger partial charge is 0.265 e. The highest BCUT2D eigenvalue weighted by atomic mass is 32.1. The first-order valence-corrected chi connectivity index (χ1v) is 11.0. The minimum Gasteiger partial charge on any atom is -0.494 e. The zero-order valence-corrected chi connectivity index (χ0v) is 18.1. The zero-order chi connectivity index (χ0) is 20.4. The summed E-state index contributed by atoms with van der Waals surface area (Å²) in [4.78, 5) is 24.6. The van der Waals surface area contributed by atoms with Gasteiger partial charge >= 0.3 is 0 Å². The monoisotopic (exact) mass is 423 g/mol. The van der Waals surface area contributed by atoms with Crippen LogP contribution in [0.4, 0.5) is 0 Å². The number of ether oxygens (including phenoxy) is 1. The van der Waals surface area contributed by atoms with Gasteiger partial charge in [-0.25, -0.2) is 9.97 Å². The molecule has 2 aromatic heterocycles. The van der Waals surface area contributed by atoms with Gasteiger partial charge in [-0.15, -0.1) is 22.7 Å². The molecule has 0 aliphatic heterocycles. The second-order valence-corrected chi connectivity index (χ2v) is 8.74. The number of aromatic nitrogens is 2. The van der Waals surface area contributed by atoms with Crippen molar-refractivity contribution >= 4 is 38.8 Å². The molecule has 29 heavy (non-hydrogen) atoms. The molecule has 0 aliphatic carbocycles. The molecule has 0 atom stereocenters. The third-order valence-electron chi connectivity index (χ3n) is 4.46. The molecule has 148 valence electrons. The number of rotatable bonds is 6. The molecule has 0 radical (unpaired) electrons. The van der Waals surface area contributed by atoms with Crippen molar-refractivity contribution in [2.45, 2.75) is 20.4 Å². The number of fused-ring (bicyclic) bond motifs is 1. The molecule has 4 rings (SSSR count). The van der Waals surface area contributed by atoms with E-state index in [2.05, 4.69) is 16.0 Å². The van der Waals surface area contributed by atoms with Crippen LogP contribution in [0.5, 0.6) is 5.75 Å². The molecule has 0 aliphatic rings. The lowest BCUT2D eigenvalue weighted by Crippen LogP contribution is -2.25. The minimum atomic E-state index is -0.0311. The van der Waals surface area contributed by atoms with E-state index in [1.165, 1.54) is 11.3 Å². The third-order valence-corrected chi connectivity index (χ3v) is 6.68. The molecule has 5 nitrogen and oxygen atoms in total. The number of para-hydroxylation sites is 1. The summed E-state index contributed by atoms with van der Waals surface area (Å²) in [6, 6.07) is 15.8. The lowest BCUT2D eigenvalue weighted by Gasteiger charge is -2.14. The fourth-order valence-electron chi connectivity index (χ4n) is 3.01. The van der Waals surface area contributed by atoms with E-state index in [0.29, 0.717) is 18.0 Å². The van der Waals surface area contributed by atoms with Gasteiger partial charge in [-0.2, -0.15) is 0 Å². The first-order chi connectivity index (χ1) is 14.0. The highest BCUT2D eigenvalue weighted by Gasteiger charge is 2.21. The number of carbonyl (C=O) groups is 1. The van der Waals surface area contributed by atoms with Crippen LogP contribution < -0.4 is 4.74 Å². The Morgan fingerprint density at radius 2 is 1.83 bits per heavy atom. The average molecular weight is 424 g/mol. The second-order valence-electron chi connectivity index (χ2n) is 6.63. The first-order valence-electron chi connectivity index (χ1n) is 9.35. The number of nitrogens with zero attached hydrogens (tertiary/aromatic N) is 3. The van der Waals surface area contributed by atoms with E-state index >= 15 is 0 Å². The van der Waals surface area contributed by atoms with E-state index in [1.807, 2.05) is 63.4 Å². The van der Waals surface area contributed by atoms with E-state index in [1.54, 1.807) is 16.2 Å². The number of hydrogen-bond donors (Lipinski definition) is 0. The number of aryl methyl sites for hydroxylation is 1. The number of amides is 1. The van der Waals surface area contributed by atoms with Gasteiger partial charge in [0.25, 0.3) is 5.91 Å². The zero-order valence-electron chi connectivity index (χ0n) is 16.5. The van der Waals surface area contributed by atoms with Gasteiger partial charge in [0.2, 0.25) is 0 Å². The maximum atomic E-state index is 13.0. The van der Waals surface area contributed by atoms with Crippen LogP contribution in [0.25, 0.3) is 20.8 Å². The molecule has 0 bridgehead atoms. The Kier molecular flexibility index (Phi) is 5.60. The number of thiazole rings is 2. The van der Waals surface area contributed by atoms with E-state index in [4.69, 9.17) is 4.74 Å². The molecule has 7 heteroatoms. The van der Waals surface area contributed by atoms with Crippen LogP contribution in [0, 0.1) is 6.92 Å². The predicted octanol–water partition coefficient (Wildman–Crippen LogP) is 5.40. The maximum Gasteiger partial charge on any atom is 0.265 e. The SMILES string of the molecule is CCOc1ccc(-c2nc(C)c(C(=O)N(C)Cc3nc4ccccc4s3)s2)cc1. The third kappa shape index (κ3) is 4.16. The van der Waals surface area contributed by atoms with Crippen molar-refractivity contribution in [2.75, 3.05) is 13.7 Å². The Balaban J connectivity index is 1.52. The maximum absolute atomic E-state index is 13.0. The van der Waals surface area contributed by atoms with Crippen LogP contribution >= 0.6 is 22.7 Å². The van der Waals surface area contributed by atoms with Crippen molar-refractivity contribution in [3.63, 3.8) is 0 Å². The van der Waals surface area contributed by atoms with E-state index in [0.717, 1.165) is 37.2 Å². The van der Waals surface area contributed by atoms with Crippen LogP contribution in [0.3, 0.4) is 0 Å². The summed E-state index contributed by atoms with van der Waals surface area (Å²) in [5.74, 6) is 0.799.